The Morgan fingerprint density at radius 2 is 1.35 bits per heavy atom. The molecule has 2 aromatic rings. The highest BCUT2D eigenvalue weighted by Crippen LogP contribution is 2.35. The number of hydrogen-bond acceptors (Lipinski definition) is 2. The van der Waals surface area contributed by atoms with Gasteiger partial charge in [0, 0.05) is 45.0 Å². The zero-order chi connectivity index (χ0) is 12.6. The summed E-state index contributed by atoms with van der Waals surface area (Å²) in [6, 6.07) is 10.9. The lowest BCUT2D eigenvalue weighted by Crippen LogP contribution is -2.13. The van der Waals surface area contributed by atoms with E-state index in [4.69, 9.17) is 0 Å². The molecule has 17 heavy (non-hydrogen) atoms. The molecule has 2 rings (SSSR count). The Hall–Kier alpha value is -1.70. The highest BCUT2D eigenvalue weighted by Gasteiger charge is 2.10. The molecule has 0 saturated heterocycles. The summed E-state index contributed by atoms with van der Waals surface area (Å²) in [6.45, 7) is 2.17. The second-order valence-electron chi connectivity index (χ2n) is 4.89. The number of nitrogens with zero attached hydrogens (tertiary/aromatic N) is 2. The van der Waals surface area contributed by atoms with Crippen molar-refractivity contribution < 1.29 is 0 Å². The van der Waals surface area contributed by atoms with Gasteiger partial charge in [0.05, 0.1) is 0 Å². The van der Waals surface area contributed by atoms with E-state index in [-0.39, 0.29) is 0 Å². The van der Waals surface area contributed by atoms with Gasteiger partial charge in [-0.05, 0) is 30.0 Å². The molecule has 0 aliphatic rings. The van der Waals surface area contributed by atoms with Crippen molar-refractivity contribution in [2.45, 2.75) is 6.92 Å². The van der Waals surface area contributed by atoms with E-state index in [0.717, 1.165) is 0 Å². The van der Waals surface area contributed by atoms with Crippen LogP contribution in [0, 0.1) is 6.92 Å². The van der Waals surface area contributed by atoms with Crippen molar-refractivity contribution in [2.75, 3.05) is 38.0 Å². The van der Waals surface area contributed by atoms with Gasteiger partial charge in [-0.1, -0.05) is 18.2 Å². The number of hydrogen-bond donors (Lipinski definition) is 0. The first-order valence-electron chi connectivity index (χ1n) is 5.89. The van der Waals surface area contributed by atoms with Gasteiger partial charge in [-0.15, -0.1) is 0 Å². The van der Waals surface area contributed by atoms with Crippen LogP contribution in [-0.2, 0) is 0 Å². The Balaban J connectivity index is 2.89. The minimum Gasteiger partial charge on any atom is -0.377 e. The zero-order valence-electron chi connectivity index (χ0n) is 11.3. The molecule has 2 heteroatoms. The normalized spacial score (nSPS) is 10.6. The third-order valence-corrected chi connectivity index (χ3v) is 3.18. The molecule has 0 N–H and O–H groups in total. The van der Waals surface area contributed by atoms with Crippen molar-refractivity contribution in [2.24, 2.45) is 0 Å². The summed E-state index contributed by atoms with van der Waals surface area (Å²) in [6.07, 6.45) is 0. The molecule has 90 valence electrons. The number of rotatable bonds is 2. The number of benzene rings is 2. The van der Waals surface area contributed by atoms with Gasteiger partial charge in [0.15, 0.2) is 0 Å². The fourth-order valence-electron chi connectivity index (χ4n) is 2.26. The maximum atomic E-state index is 2.20. The second-order valence-corrected chi connectivity index (χ2v) is 4.89. The fourth-order valence-corrected chi connectivity index (χ4v) is 2.26. The van der Waals surface area contributed by atoms with Gasteiger partial charge < -0.3 is 9.80 Å². The number of fused-ring (bicyclic) bond motifs is 1. The smallest absolute Gasteiger partial charge is 0.0461 e. The van der Waals surface area contributed by atoms with Crippen LogP contribution >= 0.6 is 0 Å². The Labute approximate surface area is 103 Å². The quantitative estimate of drug-likeness (QED) is 0.778. The van der Waals surface area contributed by atoms with Gasteiger partial charge in [0.1, 0.15) is 0 Å². The minimum atomic E-state index is 1.27. The van der Waals surface area contributed by atoms with Crippen LogP contribution in [0.4, 0.5) is 11.4 Å². The molecule has 0 radical (unpaired) electrons. The third-order valence-electron chi connectivity index (χ3n) is 3.18. The van der Waals surface area contributed by atoms with Crippen molar-refractivity contribution in [1.29, 1.82) is 0 Å². The Morgan fingerprint density at radius 3 is 1.94 bits per heavy atom. The Morgan fingerprint density at radius 1 is 0.765 bits per heavy atom. The maximum Gasteiger partial charge on any atom is 0.0461 e. The van der Waals surface area contributed by atoms with E-state index in [1.165, 1.54) is 27.7 Å². The lowest BCUT2D eigenvalue weighted by atomic mass is 10.0. The highest BCUT2D eigenvalue weighted by atomic mass is 15.1. The van der Waals surface area contributed by atoms with Gasteiger partial charge in [-0.2, -0.15) is 0 Å². The van der Waals surface area contributed by atoms with Crippen LogP contribution in [0.2, 0.25) is 0 Å². The molecule has 0 saturated carbocycles. The van der Waals surface area contributed by atoms with Gasteiger partial charge >= 0.3 is 0 Å². The fraction of sp³-hybridized carbons (Fsp3) is 0.333. The molecule has 0 aromatic heterocycles. The number of anilines is 2. The minimum absolute atomic E-state index is 1.27. The van der Waals surface area contributed by atoms with Crippen molar-refractivity contribution in [3.05, 3.63) is 35.9 Å². The van der Waals surface area contributed by atoms with E-state index in [9.17, 15) is 0 Å². The summed E-state index contributed by atoms with van der Waals surface area (Å²) in [5.41, 5.74) is 3.87. The zero-order valence-corrected chi connectivity index (χ0v) is 11.3. The Bertz CT molecular complexity index is 528. The van der Waals surface area contributed by atoms with Crippen molar-refractivity contribution in [3.63, 3.8) is 0 Å². The van der Waals surface area contributed by atoms with Crippen LogP contribution in [-0.4, -0.2) is 28.2 Å². The van der Waals surface area contributed by atoms with Gasteiger partial charge in [0.25, 0.3) is 0 Å². The summed E-state index contributed by atoms with van der Waals surface area (Å²) in [7, 11) is 8.38. The predicted octanol–water partition coefficient (Wildman–Crippen LogP) is 3.28. The van der Waals surface area contributed by atoms with Crippen LogP contribution < -0.4 is 9.80 Å². The van der Waals surface area contributed by atoms with Crippen LogP contribution in [0.25, 0.3) is 10.8 Å². The third kappa shape index (κ3) is 1.95. The first-order chi connectivity index (χ1) is 8.02. The molecule has 0 atom stereocenters. The largest absolute Gasteiger partial charge is 0.377 e. The molecule has 0 aliphatic heterocycles. The van der Waals surface area contributed by atoms with Crippen molar-refractivity contribution >= 4 is 22.1 Å². The first-order valence-corrected chi connectivity index (χ1v) is 5.89. The van der Waals surface area contributed by atoms with Gasteiger partial charge in [0.2, 0.25) is 0 Å². The molecule has 0 aliphatic carbocycles. The number of aryl methyl sites for hydroxylation is 1. The van der Waals surface area contributed by atoms with Crippen molar-refractivity contribution in [1.82, 2.24) is 0 Å². The monoisotopic (exact) mass is 228 g/mol. The molecule has 0 amide bonds. The molecule has 0 unspecified atom stereocenters. The molecule has 0 fully saturated rings. The van der Waals surface area contributed by atoms with Gasteiger partial charge in [-0.3, -0.25) is 0 Å². The van der Waals surface area contributed by atoms with E-state index in [1.807, 2.05) is 0 Å². The highest BCUT2D eigenvalue weighted by molar-refractivity contribution is 6.05. The lowest BCUT2D eigenvalue weighted by molar-refractivity contribution is 1.12. The SMILES string of the molecule is Cc1ccc(N(C)C)c2c(N(C)C)cccc12. The molecular formula is C15H20N2. The molecule has 0 heterocycles. The van der Waals surface area contributed by atoms with Crippen LogP contribution in [0.3, 0.4) is 0 Å². The maximum absolute atomic E-state index is 2.20. The topological polar surface area (TPSA) is 6.48 Å². The molecule has 0 spiro atoms. The summed E-state index contributed by atoms with van der Waals surface area (Å²) in [5, 5.41) is 2.67. The van der Waals surface area contributed by atoms with E-state index < -0.39 is 0 Å². The average Bonchev–Trinajstić information content (AvgIpc) is 2.28. The molecule has 2 aromatic carbocycles. The molecular weight excluding hydrogens is 208 g/mol. The second kappa shape index (κ2) is 4.28. The average molecular weight is 228 g/mol. The summed E-state index contributed by atoms with van der Waals surface area (Å²) in [4.78, 5) is 4.35. The summed E-state index contributed by atoms with van der Waals surface area (Å²) in [5.74, 6) is 0. The van der Waals surface area contributed by atoms with Crippen LogP contribution in [0.1, 0.15) is 5.56 Å². The lowest BCUT2D eigenvalue weighted by Gasteiger charge is -2.22. The summed E-state index contributed by atoms with van der Waals surface area (Å²) < 4.78 is 0. The summed E-state index contributed by atoms with van der Waals surface area (Å²) >= 11 is 0. The van der Waals surface area contributed by atoms with E-state index >= 15 is 0 Å². The molecule has 0 bridgehead atoms. The first kappa shape index (κ1) is 11.8. The van der Waals surface area contributed by atoms with Crippen LogP contribution in [0.15, 0.2) is 30.3 Å². The predicted molar refractivity (Wildman–Crippen MR) is 77.3 cm³/mol. The van der Waals surface area contributed by atoms with Crippen molar-refractivity contribution in [3.8, 4) is 0 Å². The van der Waals surface area contributed by atoms with Crippen LogP contribution in [0.5, 0.6) is 0 Å². The molecule has 2 nitrogen and oxygen atoms in total. The van der Waals surface area contributed by atoms with Gasteiger partial charge in [-0.25, -0.2) is 0 Å². The van der Waals surface area contributed by atoms with E-state index in [2.05, 4.69) is 75.2 Å². The van der Waals surface area contributed by atoms with E-state index in [1.54, 1.807) is 0 Å². The van der Waals surface area contributed by atoms with E-state index in [0.29, 0.717) is 0 Å². The standard InChI is InChI=1S/C15H20N2/c1-11-9-10-14(17(4)5)15-12(11)7-6-8-13(15)16(2)3/h6-10H,1-5H3. The Kier molecular flexibility index (Phi) is 2.97.